The monoisotopic (exact) mass is 424 g/mol. The number of rotatable bonds is 8. The first-order valence-electron chi connectivity index (χ1n) is 10.2. The quantitative estimate of drug-likeness (QED) is 0.364. The van der Waals surface area contributed by atoms with Gasteiger partial charge in [-0.15, -0.1) is 0 Å². The molecule has 0 saturated carbocycles. The Morgan fingerprint density at radius 2 is 0.938 bits per heavy atom. The molecule has 3 aromatic rings. The molecular formula is C26H28N6. The summed E-state index contributed by atoms with van der Waals surface area (Å²) in [6.07, 6.45) is 7.19. The lowest BCUT2D eigenvalue weighted by Gasteiger charge is -2.06. The Morgan fingerprint density at radius 1 is 0.594 bits per heavy atom. The van der Waals surface area contributed by atoms with Crippen molar-refractivity contribution in [2.24, 2.45) is 20.0 Å². The zero-order chi connectivity index (χ0) is 23.4. The number of hydrogen-bond acceptors (Lipinski definition) is 4. The molecule has 0 aliphatic heterocycles. The molecule has 3 rings (SSSR count). The van der Waals surface area contributed by atoms with E-state index in [0.29, 0.717) is 22.7 Å². The van der Waals surface area contributed by atoms with E-state index in [4.69, 9.17) is 9.98 Å². The van der Waals surface area contributed by atoms with Crippen LogP contribution in [0.2, 0.25) is 0 Å². The molecule has 0 aliphatic carbocycles. The van der Waals surface area contributed by atoms with Crippen LogP contribution in [0.25, 0.3) is 12.2 Å². The second-order valence-electron chi connectivity index (χ2n) is 7.48. The summed E-state index contributed by atoms with van der Waals surface area (Å²) in [5.74, 6) is 0. The van der Waals surface area contributed by atoms with E-state index in [1.165, 1.54) is 0 Å². The predicted octanol–water partition coefficient (Wildman–Crippen LogP) is 7.03. The molecule has 6 nitrogen and oxygen atoms in total. The van der Waals surface area contributed by atoms with Gasteiger partial charge in [0.05, 0.1) is 46.6 Å². The predicted molar refractivity (Wildman–Crippen MR) is 140 cm³/mol. The summed E-state index contributed by atoms with van der Waals surface area (Å²) in [4.78, 5) is 24.2. The standard InChI is InChI=1S/C26H28N6/c1-9-19-15(3)17(5)25(31-19)13-29-23-11-21(27-7)22(28-8)12-24(23)30-14-26-18(6)16(4)20(10-2)32-26/h9-14,31-32H,1-2,7-8H2,3-6H3. The SMILES string of the molecule is C=Cc1[nH]c(C=Nc2cc(N=C)c(N=C)cc2N=Cc2[nH]c(C=C)c(C)c2C)c(C)c1C. The van der Waals surface area contributed by atoms with E-state index in [-0.39, 0.29) is 0 Å². The van der Waals surface area contributed by atoms with E-state index >= 15 is 0 Å². The smallest absolute Gasteiger partial charge is 0.0910 e. The Balaban J connectivity index is 2.09. The number of nitrogens with one attached hydrogen (secondary N) is 2. The van der Waals surface area contributed by atoms with Crippen LogP contribution in [0.5, 0.6) is 0 Å². The fourth-order valence-corrected chi connectivity index (χ4v) is 3.42. The first-order valence-corrected chi connectivity index (χ1v) is 10.2. The zero-order valence-corrected chi connectivity index (χ0v) is 19.1. The highest BCUT2D eigenvalue weighted by atomic mass is 14.9. The summed E-state index contributed by atoms with van der Waals surface area (Å²) in [6.45, 7) is 23.2. The summed E-state index contributed by atoms with van der Waals surface area (Å²) in [5.41, 5.74) is 10.8. The number of aromatic amines is 2. The molecule has 0 bridgehead atoms. The summed E-state index contributed by atoms with van der Waals surface area (Å²) >= 11 is 0. The first kappa shape index (κ1) is 22.6. The van der Waals surface area contributed by atoms with Gasteiger partial charge in [-0.25, -0.2) is 0 Å². The van der Waals surface area contributed by atoms with Crippen molar-refractivity contribution in [3.63, 3.8) is 0 Å². The van der Waals surface area contributed by atoms with E-state index in [0.717, 1.165) is 45.0 Å². The fraction of sp³-hybridized carbons (Fsp3) is 0.154. The summed E-state index contributed by atoms with van der Waals surface area (Å²) in [7, 11) is 0. The van der Waals surface area contributed by atoms with E-state index in [2.05, 4.69) is 60.4 Å². The van der Waals surface area contributed by atoms with Gasteiger partial charge in [-0.05, 0) is 87.7 Å². The minimum Gasteiger partial charge on any atom is -0.354 e. The summed E-state index contributed by atoms with van der Waals surface area (Å²) < 4.78 is 0. The number of benzene rings is 1. The second-order valence-corrected chi connectivity index (χ2v) is 7.48. The van der Waals surface area contributed by atoms with E-state index in [9.17, 15) is 0 Å². The van der Waals surface area contributed by atoms with Crippen molar-refractivity contribution < 1.29 is 0 Å². The maximum absolute atomic E-state index is 4.70. The highest BCUT2D eigenvalue weighted by Gasteiger charge is 2.11. The highest BCUT2D eigenvalue weighted by Crippen LogP contribution is 2.39. The van der Waals surface area contributed by atoms with E-state index in [1.54, 1.807) is 24.6 Å². The van der Waals surface area contributed by atoms with Crippen LogP contribution in [-0.2, 0) is 0 Å². The average molecular weight is 425 g/mol. The van der Waals surface area contributed by atoms with E-state index in [1.807, 2.05) is 26.0 Å². The van der Waals surface area contributed by atoms with Crippen LogP contribution in [0.15, 0.2) is 45.3 Å². The minimum atomic E-state index is 0.595. The van der Waals surface area contributed by atoms with Crippen molar-refractivity contribution in [1.29, 1.82) is 0 Å². The molecule has 32 heavy (non-hydrogen) atoms. The molecule has 162 valence electrons. The lowest BCUT2D eigenvalue weighted by Crippen LogP contribution is -1.86. The van der Waals surface area contributed by atoms with Gasteiger partial charge in [-0.2, -0.15) is 0 Å². The third kappa shape index (κ3) is 4.21. The van der Waals surface area contributed by atoms with Crippen molar-refractivity contribution in [2.75, 3.05) is 0 Å². The highest BCUT2D eigenvalue weighted by molar-refractivity contribution is 5.90. The van der Waals surface area contributed by atoms with Crippen LogP contribution in [0.4, 0.5) is 22.7 Å². The number of H-pyrrole nitrogens is 2. The molecule has 2 N–H and O–H groups in total. The Morgan fingerprint density at radius 3 is 1.22 bits per heavy atom. The molecule has 0 saturated heterocycles. The Bertz CT molecular complexity index is 1180. The second kappa shape index (κ2) is 9.39. The van der Waals surface area contributed by atoms with Gasteiger partial charge in [0.25, 0.3) is 0 Å². The molecule has 0 aliphatic rings. The van der Waals surface area contributed by atoms with Crippen LogP contribution < -0.4 is 0 Å². The van der Waals surface area contributed by atoms with Gasteiger partial charge < -0.3 is 9.97 Å². The molecule has 0 unspecified atom stereocenters. The van der Waals surface area contributed by atoms with Gasteiger partial charge in [0.15, 0.2) is 0 Å². The molecule has 6 heteroatoms. The normalized spacial score (nSPS) is 11.4. The number of aliphatic imine (C=N–C) groups is 4. The van der Waals surface area contributed by atoms with Crippen molar-refractivity contribution in [2.45, 2.75) is 27.7 Å². The number of hydrogen-bond donors (Lipinski definition) is 2. The minimum absolute atomic E-state index is 0.595. The topological polar surface area (TPSA) is 81.0 Å². The molecular weight excluding hydrogens is 396 g/mol. The summed E-state index contributed by atoms with van der Waals surface area (Å²) in [6, 6.07) is 3.61. The van der Waals surface area contributed by atoms with Crippen molar-refractivity contribution in [3.8, 4) is 0 Å². The molecule has 2 heterocycles. The van der Waals surface area contributed by atoms with Crippen LogP contribution in [0.3, 0.4) is 0 Å². The van der Waals surface area contributed by atoms with E-state index < -0.39 is 0 Å². The van der Waals surface area contributed by atoms with Crippen LogP contribution in [-0.4, -0.2) is 35.8 Å². The van der Waals surface area contributed by atoms with Crippen LogP contribution in [0, 0.1) is 27.7 Å². The average Bonchev–Trinajstić information content (AvgIpc) is 3.25. The summed E-state index contributed by atoms with van der Waals surface area (Å²) in [5, 5.41) is 0. The molecule has 0 amide bonds. The van der Waals surface area contributed by atoms with Gasteiger partial charge in [0.2, 0.25) is 0 Å². The third-order valence-corrected chi connectivity index (χ3v) is 5.77. The van der Waals surface area contributed by atoms with Gasteiger partial charge >= 0.3 is 0 Å². The van der Waals surface area contributed by atoms with Crippen LogP contribution in [0.1, 0.15) is 45.0 Å². The fourth-order valence-electron chi connectivity index (χ4n) is 3.42. The Labute approximate surface area is 189 Å². The maximum Gasteiger partial charge on any atom is 0.0910 e. The third-order valence-electron chi connectivity index (χ3n) is 5.77. The van der Waals surface area contributed by atoms with Gasteiger partial charge in [0, 0.05) is 11.4 Å². The van der Waals surface area contributed by atoms with Gasteiger partial charge in [-0.1, -0.05) is 13.2 Å². The lowest BCUT2D eigenvalue weighted by molar-refractivity contribution is 1.31. The molecule has 0 atom stereocenters. The largest absolute Gasteiger partial charge is 0.354 e. The molecule has 1 aromatic carbocycles. The Hall–Kier alpha value is -4.06. The van der Waals surface area contributed by atoms with Gasteiger partial charge in [-0.3, -0.25) is 20.0 Å². The molecule has 2 aromatic heterocycles. The molecule has 0 fully saturated rings. The number of aromatic nitrogens is 2. The zero-order valence-electron chi connectivity index (χ0n) is 19.1. The van der Waals surface area contributed by atoms with Crippen LogP contribution >= 0.6 is 0 Å². The maximum atomic E-state index is 4.70. The lowest BCUT2D eigenvalue weighted by atomic mass is 10.1. The van der Waals surface area contributed by atoms with Gasteiger partial charge in [0.1, 0.15) is 0 Å². The molecule has 0 spiro atoms. The van der Waals surface area contributed by atoms with Crippen molar-refractivity contribution >= 4 is 60.8 Å². The molecule has 0 radical (unpaired) electrons. The Kier molecular flexibility index (Phi) is 6.64. The van der Waals surface area contributed by atoms with Crippen molar-refractivity contribution in [1.82, 2.24) is 9.97 Å². The first-order chi connectivity index (χ1) is 15.3. The van der Waals surface area contributed by atoms with Crippen molar-refractivity contribution in [3.05, 3.63) is 70.3 Å². The number of nitrogens with zero attached hydrogens (tertiary/aromatic N) is 4.